The highest BCUT2D eigenvalue weighted by molar-refractivity contribution is 7.89. The number of hydrogen-bond acceptors (Lipinski definition) is 4. The minimum atomic E-state index is -3.66. The van der Waals surface area contributed by atoms with E-state index >= 15 is 0 Å². The van der Waals surface area contributed by atoms with E-state index in [2.05, 4.69) is 4.72 Å². The first-order valence-electron chi connectivity index (χ1n) is 9.54. The largest absolute Gasteiger partial charge is 0.243 e. The van der Waals surface area contributed by atoms with Crippen LogP contribution in [0.15, 0.2) is 64.4 Å². The number of nitrogens with zero attached hydrogens (tertiary/aromatic N) is 1. The molecule has 2 aromatic carbocycles. The van der Waals surface area contributed by atoms with Gasteiger partial charge in [-0.25, -0.2) is 21.6 Å². The van der Waals surface area contributed by atoms with Crippen molar-refractivity contribution in [1.82, 2.24) is 9.03 Å². The average molecular weight is 421 g/mol. The van der Waals surface area contributed by atoms with Gasteiger partial charge >= 0.3 is 0 Å². The van der Waals surface area contributed by atoms with E-state index in [0.29, 0.717) is 13.1 Å². The lowest BCUT2D eigenvalue weighted by atomic mass is 9.92. The number of piperidine rings is 1. The summed E-state index contributed by atoms with van der Waals surface area (Å²) in [5, 5.41) is 0. The lowest BCUT2D eigenvalue weighted by molar-refractivity contribution is 0.315. The zero-order valence-electron chi connectivity index (χ0n) is 15.5. The van der Waals surface area contributed by atoms with Crippen LogP contribution in [0.2, 0.25) is 0 Å². The van der Waals surface area contributed by atoms with Gasteiger partial charge in [-0.3, -0.25) is 0 Å². The van der Waals surface area contributed by atoms with Crippen molar-refractivity contribution in [3.63, 3.8) is 0 Å². The molecule has 1 heterocycles. The molecule has 1 saturated carbocycles. The third kappa shape index (κ3) is 4.15. The maximum absolute atomic E-state index is 13.1. The van der Waals surface area contributed by atoms with Crippen molar-refractivity contribution in [1.29, 1.82) is 0 Å². The van der Waals surface area contributed by atoms with Crippen LogP contribution in [-0.4, -0.2) is 40.3 Å². The fourth-order valence-electron chi connectivity index (χ4n) is 3.59. The molecule has 0 amide bonds. The Morgan fingerprint density at radius 3 is 2.11 bits per heavy atom. The maximum Gasteiger partial charge on any atom is 0.243 e. The van der Waals surface area contributed by atoms with E-state index in [1.807, 2.05) is 30.3 Å². The van der Waals surface area contributed by atoms with Crippen molar-refractivity contribution in [2.45, 2.75) is 47.4 Å². The van der Waals surface area contributed by atoms with Crippen LogP contribution < -0.4 is 4.72 Å². The second-order valence-electron chi connectivity index (χ2n) is 7.48. The summed E-state index contributed by atoms with van der Waals surface area (Å²) < 4.78 is 54.8. The predicted octanol–water partition coefficient (Wildman–Crippen LogP) is 2.70. The minimum Gasteiger partial charge on any atom is -0.208 e. The second kappa shape index (κ2) is 7.59. The molecule has 8 heteroatoms. The lowest BCUT2D eigenvalue weighted by Crippen LogP contribution is -2.39. The van der Waals surface area contributed by atoms with E-state index in [-0.39, 0.29) is 21.8 Å². The molecule has 0 bridgehead atoms. The second-order valence-corrected chi connectivity index (χ2v) is 11.1. The molecule has 1 atom stereocenters. The highest BCUT2D eigenvalue weighted by atomic mass is 32.2. The van der Waals surface area contributed by atoms with Gasteiger partial charge in [-0.05, 0) is 61.4 Å². The van der Waals surface area contributed by atoms with Gasteiger partial charge in [-0.15, -0.1) is 0 Å². The molecule has 1 aliphatic carbocycles. The molecule has 6 nitrogen and oxygen atoms in total. The number of benzene rings is 2. The fourth-order valence-corrected chi connectivity index (χ4v) is 6.42. The Hall–Kier alpha value is -1.74. The van der Waals surface area contributed by atoms with E-state index in [1.54, 1.807) is 0 Å². The van der Waals surface area contributed by atoms with Crippen LogP contribution in [0.3, 0.4) is 0 Å². The third-order valence-corrected chi connectivity index (χ3v) is 8.74. The molecule has 0 spiro atoms. The predicted molar refractivity (Wildman–Crippen MR) is 107 cm³/mol. The van der Waals surface area contributed by atoms with E-state index in [9.17, 15) is 16.8 Å². The van der Waals surface area contributed by atoms with E-state index in [4.69, 9.17) is 0 Å². The van der Waals surface area contributed by atoms with Crippen LogP contribution in [0.1, 0.15) is 37.2 Å². The van der Waals surface area contributed by atoms with Gasteiger partial charge in [-0.2, -0.15) is 4.31 Å². The number of hydrogen-bond donors (Lipinski definition) is 1. The van der Waals surface area contributed by atoms with Crippen molar-refractivity contribution in [2.24, 2.45) is 0 Å². The molecule has 2 aliphatic rings. The summed E-state index contributed by atoms with van der Waals surface area (Å²) in [6.07, 6.45) is 3.46. The Kier molecular flexibility index (Phi) is 5.30. The maximum atomic E-state index is 13.1. The number of rotatable bonds is 6. The molecular weight excluding hydrogens is 396 g/mol. The van der Waals surface area contributed by atoms with Crippen molar-refractivity contribution < 1.29 is 16.8 Å². The summed E-state index contributed by atoms with van der Waals surface area (Å²) in [4.78, 5) is 0.228. The summed E-state index contributed by atoms with van der Waals surface area (Å²) in [5.41, 5.74) is 1.15. The Labute approximate surface area is 166 Å². The molecule has 4 rings (SSSR count). The van der Waals surface area contributed by atoms with E-state index in [0.717, 1.165) is 31.2 Å². The fraction of sp³-hybridized carbons (Fsp3) is 0.400. The Balaban J connectivity index is 1.52. The van der Waals surface area contributed by atoms with Crippen LogP contribution in [0.25, 0.3) is 0 Å². The summed E-state index contributed by atoms with van der Waals surface area (Å²) in [7, 11) is -7.25. The molecule has 2 fully saturated rings. The van der Waals surface area contributed by atoms with Crippen LogP contribution in [0.5, 0.6) is 0 Å². The molecule has 28 heavy (non-hydrogen) atoms. The van der Waals surface area contributed by atoms with Crippen molar-refractivity contribution >= 4 is 20.0 Å². The van der Waals surface area contributed by atoms with Gasteiger partial charge in [-0.1, -0.05) is 30.3 Å². The first-order valence-corrected chi connectivity index (χ1v) is 12.5. The molecular formula is C20H24N2O4S2. The SMILES string of the molecule is O=S(=O)(NC1CC1)c1ccc(S(=O)(=O)N2CCCC(c3ccccc3)C2)cc1. The smallest absolute Gasteiger partial charge is 0.208 e. The van der Waals surface area contributed by atoms with Gasteiger partial charge in [0.1, 0.15) is 0 Å². The molecule has 1 saturated heterocycles. The van der Waals surface area contributed by atoms with Gasteiger partial charge in [0.2, 0.25) is 20.0 Å². The van der Waals surface area contributed by atoms with Crippen LogP contribution in [0, 0.1) is 0 Å². The number of nitrogens with one attached hydrogen (secondary N) is 1. The molecule has 0 radical (unpaired) electrons. The highest BCUT2D eigenvalue weighted by Gasteiger charge is 2.32. The Morgan fingerprint density at radius 1 is 0.821 bits per heavy atom. The molecule has 0 aromatic heterocycles. The van der Waals surface area contributed by atoms with Gasteiger partial charge in [0, 0.05) is 19.1 Å². The summed E-state index contributed by atoms with van der Waals surface area (Å²) in [6, 6.07) is 15.5. The van der Waals surface area contributed by atoms with Gasteiger partial charge < -0.3 is 0 Å². The first-order chi connectivity index (χ1) is 13.4. The third-order valence-electron chi connectivity index (χ3n) is 5.33. The molecule has 1 aliphatic heterocycles. The first kappa shape index (κ1) is 19.6. The van der Waals surface area contributed by atoms with Gasteiger partial charge in [0.25, 0.3) is 0 Å². The summed E-state index contributed by atoms with van der Waals surface area (Å²) in [5.74, 6) is 0.173. The number of sulfonamides is 2. The topological polar surface area (TPSA) is 83.5 Å². The average Bonchev–Trinajstić information content (AvgIpc) is 3.52. The quantitative estimate of drug-likeness (QED) is 0.779. The normalized spacial score (nSPS) is 21.5. The summed E-state index contributed by atoms with van der Waals surface area (Å²) in [6.45, 7) is 0.921. The van der Waals surface area contributed by atoms with Crippen LogP contribution >= 0.6 is 0 Å². The van der Waals surface area contributed by atoms with E-state index < -0.39 is 20.0 Å². The standard InChI is InChI=1S/C20H24N2O4S2/c23-27(24,21-18-8-9-18)19-10-12-20(13-11-19)28(25,26)22-14-4-7-17(15-22)16-5-2-1-3-6-16/h1-3,5-6,10-13,17-18,21H,4,7-9,14-15H2. The Morgan fingerprint density at radius 2 is 1.46 bits per heavy atom. The zero-order chi connectivity index (χ0) is 19.8. The molecule has 1 N–H and O–H groups in total. The van der Waals surface area contributed by atoms with Gasteiger partial charge in [0.05, 0.1) is 9.79 Å². The highest BCUT2D eigenvalue weighted by Crippen LogP contribution is 2.30. The van der Waals surface area contributed by atoms with Gasteiger partial charge in [0.15, 0.2) is 0 Å². The minimum absolute atomic E-state index is 0.0108. The molecule has 150 valence electrons. The van der Waals surface area contributed by atoms with Crippen LogP contribution in [-0.2, 0) is 20.0 Å². The van der Waals surface area contributed by atoms with E-state index in [1.165, 1.54) is 28.6 Å². The lowest BCUT2D eigenvalue weighted by Gasteiger charge is -2.32. The monoisotopic (exact) mass is 420 g/mol. The van der Waals surface area contributed by atoms with Crippen molar-refractivity contribution in [3.8, 4) is 0 Å². The summed E-state index contributed by atoms with van der Waals surface area (Å²) >= 11 is 0. The van der Waals surface area contributed by atoms with Crippen molar-refractivity contribution in [3.05, 3.63) is 60.2 Å². The Bertz CT molecular complexity index is 1030. The van der Waals surface area contributed by atoms with Crippen LogP contribution in [0.4, 0.5) is 0 Å². The molecule has 2 aromatic rings. The zero-order valence-corrected chi connectivity index (χ0v) is 17.1. The molecule has 1 unspecified atom stereocenters. The van der Waals surface area contributed by atoms with Crippen molar-refractivity contribution in [2.75, 3.05) is 13.1 Å².